The maximum Gasteiger partial charge on any atom is 0.255 e. The van der Waals surface area contributed by atoms with Crippen LogP contribution in [0.2, 0.25) is 0 Å². The number of carbonyl (C=O) groups excluding carboxylic acids is 1. The van der Waals surface area contributed by atoms with Crippen LogP contribution in [-0.4, -0.2) is 30.3 Å². The number of amides is 1. The largest absolute Gasteiger partial charge is 0.507 e. The van der Waals surface area contributed by atoms with Gasteiger partial charge in [0.25, 0.3) is 5.91 Å². The molecule has 1 aromatic rings. The first-order valence-corrected chi connectivity index (χ1v) is 6.45. The minimum absolute atomic E-state index is 0.0175. The molecule has 0 bridgehead atoms. The minimum atomic E-state index is -0.232. The van der Waals surface area contributed by atoms with Gasteiger partial charge in [0.05, 0.1) is 11.7 Å². The molecule has 18 heavy (non-hydrogen) atoms. The van der Waals surface area contributed by atoms with E-state index in [2.05, 4.69) is 5.32 Å². The minimum Gasteiger partial charge on any atom is -0.507 e. The SMILES string of the molecule is O=C(NCCC1CCCCO1)c1ccccc1O. The summed E-state index contributed by atoms with van der Waals surface area (Å²) in [6.45, 7) is 1.41. The van der Waals surface area contributed by atoms with Crippen LogP contribution < -0.4 is 5.32 Å². The van der Waals surface area contributed by atoms with E-state index in [4.69, 9.17) is 4.74 Å². The van der Waals surface area contributed by atoms with Gasteiger partial charge in [0.1, 0.15) is 5.75 Å². The number of rotatable bonds is 4. The zero-order valence-corrected chi connectivity index (χ0v) is 10.4. The summed E-state index contributed by atoms with van der Waals surface area (Å²) in [7, 11) is 0. The molecule has 1 aromatic carbocycles. The highest BCUT2D eigenvalue weighted by molar-refractivity contribution is 5.96. The second kappa shape index (κ2) is 6.40. The lowest BCUT2D eigenvalue weighted by molar-refractivity contribution is 0.0117. The van der Waals surface area contributed by atoms with Crippen molar-refractivity contribution >= 4 is 5.91 Å². The fourth-order valence-corrected chi connectivity index (χ4v) is 2.14. The number of benzene rings is 1. The molecule has 0 aromatic heterocycles. The second-order valence-corrected chi connectivity index (χ2v) is 4.55. The number of hydrogen-bond donors (Lipinski definition) is 2. The molecule has 0 aliphatic carbocycles. The molecule has 4 heteroatoms. The Morgan fingerprint density at radius 2 is 2.22 bits per heavy atom. The normalized spacial score (nSPS) is 19.4. The van der Waals surface area contributed by atoms with Crippen LogP contribution in [0.25, 0.3) is 0 Å². The van der Waals surface area contributed by atoms with Crippen molar-refractivity contribution in [1.82, 2.24) is 5.32 Å². The van der Waals surface area contributed by atoms with Gasteiger partial charge < -0.3 is 15.2 Å². The van der Waals surface area contributed by atoms with Gasteiger partial charge in [0, 0.05) is 13.2 Å². The van der Waals surface area contributed by atoms with E-state index in [9.17, 15) is 9.90 Å². The molecular weight excluding hydrogens is 230 g/mol. The Bertz CT molecular complexity index is 400. The third-order valence-corrected chi connectivity index (χ3v) is 3.17. The second-order valence-electron chi connectivity index (χ2n) is 4.55. The number of phenols is 1. The first kappa shape index (κ1) is 12.9. The number of carbonyl (C=O) groups is 1. The van der Waals surface area contributed by atoms with Gasteiger partial charge in [-0.25, -0.2) is 0 Å². The first-order valence-electron chi connectivity index (χ1n) is 6.45. The maximum atomic E-state index is 11.8. The van der Waals surface area contributed by atoms with E-state index < -0.39 is 0 Å². The van der Waals surface area contributed by atoms with Gasteiger partial charge >= 0.3 is 0 Å². The molecule has 0 saturated carbocycles. The zero-order valence-electron chi connectivity index (χ0n) is 10.4. The molecule has 1 aliphatic rings. The summed E-state index contributed by atoms with van der Waals surface area (Å²) in [5.74, 6) is -0.215. The monoisotopic (exact) mass is 249 g/mol. The van der Waals surface area contributed by atoms with Crippen LogP contribution in [0.15, 0.2) is 24.3 Å². The third kappa shape index (κ3) is 3.47. The number of ether oxygens (including phenoxy) is 1. The van der Waals surface area contributed by atoms with E-state index in [0.29, 0.717) is 12.1 Å². The highest BCUT2D eigenvalue weighted by atomic mass is 16.5. The summed E-state index contributed by atoms with van der Waals surface area (Å²) in [6, 6.07) is 6.56. The highest BCUT2D eigenvalue weighted by Gasteiger charge is 2.14. The van der Waals surface area contributed by atoms with Crippen molar-refractivity contribution in [1.29, 1.82) is 0 Å². The number of para-hydroxylation sites is 1. The van der Waals surface area contributed by atoms with Crippen LogP contribution in [0, 0.1) is 0 Å². The van der Waals surface area contributed by atoms with Crippen molar-refractivity contribution < 1.29 is 14.6 Å². The molecule has 1 heterocycles. The molecule has 1 saturated heterocycles. The quantitative estimate of drug-likeness (QED) is 0.859. The summed E-state index contributed by atoms with van der Waals surface area (Å²) < 4.78 is 5.59. The third-order valence-electron chi connectivity index (χ3n) is 3.17. The predicted octanol–water partition coefficient (Wildman–Crippen LogP) is 2.08. The lowest BCUT2D eigenvalue weighted by Gasteiger charge is -2.22. The van der Waals surface area contributed by atoms with Crippen LogP contribution in [0.4, 0.5) is 0 Å². The van der Waals surface area contributed by atoms with Crippen LogP contribution in [0.5, 0.6) is 5.75 Å². The molecule has 1 atom stereocenters. The average molecular weight is 249 g/mol. The summed E-state index contributed by atoms with van der Waals surface area (Å²) in [5, 5.41) is 12.4. The summed E-state index contributed by atoms with van der Waals surface area (Å²) in [5.41, 5.74) is 0.321. The van der Waals surface area contributed by atoms with E-state index in [1.165, 1.54) is 12.5 Å². The molecule has 2 N–H and O–H groups in total. The van der Waals surface area contributed by atoms with Gasteiger partial charge in [-0.2, -0.15) is 0 Å². The average Bonchev–Trinajstić information content (AvgIpc) is 2.40. The molecule has 1 amide bonds. The molecule has 0 spiro atoms. The predicted molar refractivity (Wildman–Crippen MR) is 68.6 cm³/mol. The van der Waals surface area contributed by atoms with Gasteiger partial charge in [-0.15, -0.1) is 0 Å². The lowest BCUT2D eigenvalue weighted by atomic mass is 10.1. The van der Waals surface area contributed by atoms with E-state index in [1.54, 1.807) is 18.2 Å². The molecule has 1 aliphatic heterocycles. The molecule has 1 fully saturated rings. The van der Waals surface area contributed by atoms with Crippen molar-refractivity contribution in [3.63, 3.8) is 0 Å². The Morgan fingerprint density at radius 1 is 1.39 bits per heavy atom. The maximum absolute atomic E-state index is 11.8. The smallest absolute Gasteiger partial charge is 0.255 e. The zero-order chi connectivity index (χ0) is 12.8. The molecule has 4 nitrogen and oxygen atoms in total. The van der Waals surface area contributed by atoms with Gasteiger partial charge in [0.2, 0.25) is 0 Å². The molecule has 1 unspecified atom stereocenters. The lowest BCUT2D eigenvalue weighted by Crippen LogP contribution is -2.29. The van der Waals surface area contributed by atoms with Crippen LogP contribution in [-0.2, 0) is 4.74 Å². The summed E-state index contributed by atoms with van der Waals surface area (Å²) in [4.78, 5) is 11.8. The Morgan fingerprint density at radius 3 is 2.94 bits per heavy atom. The fraction of sp³-hybridized carbons (Fsp3) is 0.500. The number of nitrogens with one attached hydrogen (secondary N) is 1. The molecule has 2 rings (SSSR count). The Labute approximate surface area is 107 Å². The highest BCUT2D eigenvalue weighted by Crippen LogP contribution is 2.16. The number of hydrogen-bond acceptors (Lipinski definition) is 3. The van der Waals surface area contributed by atoms with Crippen LogP contribution in [0.1, 0.15) is 36.0 Å². The van der Waals surface area contributed by atoms with E-state index >= 15 is 0 Å². The Hall–Kier alpha value is -1.55. The van der Waals surface area contributed by atoms with Gasteiger partial charge in [-0.3, -0.25) is 4.79 Å². The van der Waals surface area contributed by atoms with E-state index in [-0.39, 0.29) is 17.8 Å². The van der Waals surface area contributed by atoms with Crippen LogP contribution in [0.3, 0.4) is 0 Å². The standard InChI is InChI=1S/C14H19NO3/c16-13-7-2-1-6-12(13)14(17)15-9-8-11-5-3-4-10-18-11/h1-2,6-7,11,16H,3-5,8-10H2,(H,15,17). The summed E-state index contributed by atoms with van der Waals surface area (Å²) >= 11 is 0. The topological polar surface area (TPSA) is 58.6 Å². The summed E-state index contributed by atoms with van der Waals surface area (Å²) in [6.07, 6.45) is 4.52. The van der Waals surface area contributed by atoms with Crippen molar-refractivity contribution in [3.8, 4) is 5.75 Å². The van der Waals surface area contributed by atoms with Crippen molar-refractivity contribution in [3.05, 3.63) is 29.8 Å². The van der Waals surface area contributed by atoms with Gasteiger partial charge in [-0.1, -0.05) is 12.1 Å². The molecule has 98 valence electrons. The van der Waals surface area contributed by atoms with E-state index in [0.717, 1.165) is 25.9 Å². The number of aromatic hydroxyl groups is 1. The molecular formula is C14H19NO3. The van der Waals surface area contributed by atoms with Crippen molar-refractivity contribution in [2.75, 3.05) is 13.2 Å². The Balaban J connectivity index is 1.76. The number of phenolic OH excluding ortho intramolecular Hbond substituents is 1. The fourth-order valence-electron chi connectivity index (χ4n) is 2.14. The molecule has 0 radical (unpaired) electrons. The van der Waals surface area contributed by atoms with Crippen molar-refractivity contribution in [2.24, 2.45) is 0 Å². The van der Waals surface area contributed by atoms with Crippen molar-refractivity contribution in [2.45, 2.75) is 31.8 Å². The van der Waals surface area contributed by atoms with Gasteiger partial charge in [0.15, 0.2) is 0 Å². The van der Waals surface area contributed by atoms with E-state index in [1.807, 2.05) is 0 Å². The first-order chi connectivity index (χ1) is 8.77. The van der Waals surface area contributed by atoms with Gasteiger partial charge in [-0.05, 0) is 37.8 Å². The Kier molecular flexibility index (Phi) is 4.59. The van der Waals surface area contributed by atoms with Crippen LogP contribution >= 0.6 is 0 Å².